The highest BCUT2D eigenvalue weighted by Crippen LogP contribution is 2.42. The summed E-state index contributed by atoms with van der Waals surface area (Å²) in [4.78, 5) is 22.6. The summed E-state index contributed by atoms with van der Waals surface area (Å²) in [7, 11) is 4.50. The van der Waals surface area contributed by atoms with Crippen LogP contribution in [-0.4, -0.2) is 33.3 Å². The summed E-state index contributed by atoms with van der Waals surface area (Å²) in [6, 6.07) is 8.93. The lowest BCUT2D eigenvalue weighted by Crippen LogP contribution is -2.07. The number of benzene rings is 2. The largest absolute Gasteiger partial charge is 0.493 e. The van der Waals surface area contributed by atoms with Gasteiger partial charge in [-0.25, -0.2) is 0 Å². The highest BCUT2D eigenvalue weighted by atomic mass is 16.6. The van der Waals surface area contributed by atoms with Gasteiger partial charge in [0.15, 0.2) is 23.0 Å². The molecule has 0 fully saturated rings. The molecule has 2 rings (SSSR count). The Labute approximate surface area is 164 Å². The summed E-state index contributed by atoms with van der Waals surface area (Å²) in [5, 5.41) is 0. The molecule has 0 radical (unpaired) electrons. The molecule has 0 N–H and O–H groups in total. The number of methoxy groups -OCH3 is 3. The molecule has 2 aromatic rings. The first-order valence-corrected chi connectivity index (χ1v) is 8.61. The Hall–Kier alpha value is -3.22. The quantitative estimate of drug-likeness (QED) is 0.528. The molecule has 0 aliphatic heterocycles. The van der Waals surface area contributed by atoms with Gasteiger partial charge in [-0.1, -0.05) is 13.0 Å². The predicted molar refractivity (Wildman–Crippen MR) is 103 cm³/mol. The van der Waals surface area contributed by atoms with E-state index in [1.807, 2.05) is 19.1 Å². The molecule has 0 saturated heterocycles. The van der Waals surface area contributed by atoms with Crippen LogP contribution in [0.4, 0.5) is 0 Å². The van der Waals surface area contributed by atoms with Gasteiger partial charge in [0, 0.05) is 19.8 Å². The minimum Gasteiger partial charge on any atom is -0.493 e. The molecular weight excluding hydrogens is 364 g/mol. The molecular formula is C21H24O7. The van der Waals surface area contributed by atoms with Crippen LogP contribution in [-0.2, 0) is 9.59 Å². The summed E-state index contributed by atoms with van der Waals surface area (Å²) in [5.74, 6) is 0.852. The maximum atomic E-state index is 11.4. The monoisotopic (exact) mass is 388 g/mol. The Morgan fingerprint density at radius 2 is 1.21 bits per heavy atom. The smallest absolute Gasteiger partial charge is 0.308 e. The third kappa shape index (κ3) is 4.73. The molecule has 1 unspecified atom stereocenters. The van der Waals surface area contributed by atoms with E-state index < -0.39 is 11.9 Å². The average molecular weight is 388 g/mol. The second-order valence-corrected chi connectivity index (χ2v) is 6.07. The number of rotatable bonds is 7. The van der Waals surface area contributed by atoms with Gasteiger partial charge < -0.3 is 23.7 Å². The number of carbonyl (C=O) groups excluding carboxylic acids is 2. The van der Waals surface area contributed by atoms with Gasteiger partial charge in [0.05, 0.1) is 21.3 Å². The predicted octanol–water partition coefficient (Wildman–Crippen LogP) is 3.71. The van der Waals surface area contributed by atoms with Crippen molar-refractivity contribution in [2.45, 2.75) is 26.7 Å². The van der Waals surface area contributed by atoms with Gasteiger partial charge >= 0.3 is 11.9 Å². The molecule has 7 heteroatoms. The van der Waals surface area contributed by atoms with E-state index in [0.29, 0.717) is 23.0 Å². The molecule has 0 aliphatic carbocycles. The van der Waals surface area contributed by atoms with E-state index in [-0.39, 0.29) is 11.7 Å². The minimum absolute atomic E-state index is 0.0746. The Kier molecular flexibility index (Phi) is 6.87. The number of hydrogen-bond donors (Lipinski definition) is 0. The fraction of sp³-hybridized carbons (Fsp3) is 0.333. The van der Waals surface area contributed by atoms with Crippen LogP contribution in [0.15, 0.2) is 30.3 Å². The number of ether oxygens (including phenoxy) is 5. The number of esters is 2. The second kappa shape index (κ2) is 9.12. The van der Waals surface area contributed by atoms with E-state index in [2.05, 4.69) is 0 Å². The zero-order chi connectivity index (χ0) is 20.8. The maximum absolute atomic E-state index is 11.4. The zero-order valence-electron chi connectivity index (χ0n) is 16.8. The Balaban J connectivity index is 2.47. The first kappa shape index (κ1) is 21.1. The lowest BCUT2D eigenvalue weighted by molar-refractivity contribution is -0.133. The topological polar surface area (TPSA) is 80.3 Å². The molecule has 0 spiro atoms. The van der Waals surface area contributed by atoms with Gasteiger partial charge in [0.25, 0.3) is 0 Å². The summed E-state index contributed by atoms with van der Waals surface area (Å²) in [5.41, 5.74) is 1.81. The zero-order valence-corrected chi connectivity index (χ0v) is 16.8. The van der Waals surface area contributed by atoms with Gasteiger partial charge in [-0.05, 0) is 35.4 Å². The fourth-order valence-electron chi connectivity index (χ4n) is 2.78. The summed E-state index contributed by atoms with van der Waals surface area (Å²) in [6.07, 6.45) is 0. The van der Waals surface area contributed by atoms with Gasteiger partial charge in [0.1, 0.15) is 0 Å². The van der Waals surface area contributed by atoms with E-state index in [9.17, 15) is 9.59 Å². The third-order valence-corrected chi connectivity index (χ3v) is 4.17. The molecule has 0 aliphatic rings. The van der Waals surface area contributed by atoms with E-state index >= 15 is 0 Å². The van der Waals surface area contributed by atoms with E-state index in [4.69, 9.17) is 23.7 Å². The molecule has 7 nitrogen and oxygen atoms in total. The van der Waals surface area contributed by atoms with Crippen molar-refractivity contribution in [2.24, 2.45) is 0 Å². The molecule has 150 valence electrons. The molecule has 0 saturated carbocycles. The Morgan fingerprint density at radius 1 is 0.714 bits per heavy atom. The first-order chi connectivity index (χ1) is 13.3. The summed E-state index contributed by atoms with van der Waals surface area (Å²) >= 11 is 0. The lowest BCUT2D eigenvalue weighted by atomic mass is 9.92. The van der Waals surface area contributed by atoms with Crippen LogP contribution in [0.25, 0.3) is 0 Å². The van der Waals surface area contributed by atoms with Crippen LogP contribution in [0.5, 0.6) is 28.7 Å². The first-order valence-electron chi connectivity index (χ1n) is 8.61. The van der Waals surface area contributed by atoms with Crippen molar-refractivity contribution in [3.05, 3.63) is 41.5 Å². The van der Waals surface area contributed by atoms with Crippen LogP contribution in [0.1, 0.15) is 37.8 Å². The lowest BCUT2D eigenvalue weighted by Gasteiger charge is -2.19. The van der Waals surface area contributed by atoms with Crippen molar-refractivity contribution in [3.63, 3.8) is 0 Å². The maximum Gasteiger partial charge on any atom is 0.308 e. The van der Waals surface area contributed by atoms with Crippen LogP contribution >= 0.6 is 0 Å². The van der Waals surface area contributed by atoms with Gasteiger partial charge in [0.2, 0.25) is 5.75 Å². The van der Waals surface area contributed by atoms with Crippen LogP contribution in [0.3, 0.4) is 0 Å². The van der Waals surface area contributed by atoms with Crippen molar-refractivity contribution in [1.29, 1.82) is 0 Å². The third-order valence-electron chi connectivity index (χ3n) is 4.17. The minimum atomic E-state index is -0.469. The normalized spacial score (nSPS) is 11.4. The molecule has 0 bridgehead atoms. The highest BCUT2D eigenvalue weighted by Gasteiger charge is 2.20. The second-order valence-electron chi connectivity index (χ2n) is 6.07. The van der Waals surface area contributed by atoms with Crippen molar-refractivity contribution in [3.8, 4) is 28.7 Å². The molecule has 2 aromatic carbocycles. The van der Waals surface area contributed by atoms with Crippen molar-refractivity contribution >= 4 is 11.9 Å². The number of carbonyl (C=O) groups is 2. The number of hydrogen-bond acceptors (Lipinski definition) is 7. The summed E-state index contributed by atoms with van der Waals surface area (Å²) in [6.45, 7) is 4.64. The van der Waals surface area contributed by atoms with Crippen molar-refractivity contribution < 1.29 is 33.3 Å². The van der Waals surface area contributed by atoms with E-state index in [0.717, 1.165) is 11.1 Å². The van der Waals surface area contributed by atoms with E-state index in [1.54, 1.807) is 18.2 Å². The SMILES string of the molecule is COc1cc(C(C)c2cc(OC)c(OC(C)=O)c(OC)c2)ccc1OC(C)=O. The standard InChI is InChI=1S/C21H24O7/c1-12(15-7-8-17(27-13(2)22)18(9-15)24-4)16-10-19(25-5)21(28-14(3)23)20(11-16)26-6/h7-12H,1-6H3. The highest BCUT2D eigenvalue weighted by molar-refractivity contribution is 5.72. The van der Waals surface area contributed by atoms with Crippen LogP contribution in [0.2, 0.25) is 0 Å². The average Bonchev–Trinajstić information content (AvgIpc) is 2.66. The Morgan fingerprint density at radius 3 is 1.68 bits per heavy atom. The molecule has 0 aromatic heterocycles. The molecule has 0 amide bonds. The Bertz CT molecular complexity index is 848. The van der Waals surface area contributed by atoms with E-state index in [1.165, 1.54) is 35.2 Å². The van der Waals surface area contributed by atoms with Gasteiger partial charge in [-0.2, -0.15) is 0 Å². The molecule has 28 heavy (non-hydrogen) atoms. The van der Waals surface area contributed by atoms with Gasteiger partial charge in [-0.15, -0.1) is 0 Å². The van der Waals surface area contributed by atoms with Crippen molar-refractivity contribution in [1.82, 2.24) is 0 Å². The summed E-state index contributed by atoms with van der Waals surface area (Å²) < 4.78 is 26.5. The van der Waals surface area contributed by atoms with Crippen LogP contribution < -0.4 is 23.7 Å². The van der Waals surface area contributed by atoms with Gasteiger partial charge in [-0.3, -0.25) is 9.59 Å². The van der Waals surface area contributed by atoms with Crippen molar-refractivity contribution in [2.75, 3.05) is 21.3 Å². The molecule has 0 heterocycles. The van der Waals surface area contributed by atoms with Crippen LogP contribution in [0, 0.1) is 0 Å². The molecule has 1 atom stereocenters. The fourth-order valence-corrected chi connectivity index (χ4v) is 2.78.